The molecule has 0 bridgehead atoms. The second kappa shape index (κ2) is 6.61. The van der Waals surface area contributed by atoms with Gasteiger partial charge in [-0.1, -0.05) is 32.9 Å². The predicted octanol–water partition coefficient (Wildman–Crippen LogP) is 2.31. The molecule has 0 aromatic heterocycles. The Balaban J connectivity index is 2.00. The summed E-state index contributed by atoms with van der Waals surface area (Å²) in [6.07, 6.45) is 1.29. The van der Waals surface area contributed by atoms with Gasteiger partial charge in [0.25, 0.3) is 0 Å². The lowest BCUT2D eigenvalue weighted by molar-refractivity contribution is -0.129. The van der Waals surface area contributed by atoms with Crippen molar-refractivity contribution in [2.45, 2.75) is 51.5 Å². The molecule has 1 fully saturated rings. The summed E-state index contributed by atoms with van der Waals surface area (Å²) in [5.74, 6) is 0.0116. The normalized spacial score (nSPS) is 17.9. The SMILES string of the molecule is Cc1cccc(S(=O)(=O)N2CCC(NC(=O)C(C)(C)C)CC2)c1. The number of nitrogens with one attached hydrogen (secondary N) is 1. The first kappa shape index (κ1) is 17.9. The van der Waals surface area contributed by atoms with Gasteiger partial charge in [-0.05, 0) is 37.5 Å². The van der Waals surface area contributed by atoms with Crippen molar-refractivity contribution < 1.29 is 13.2 Å². The van der Waals surface area contributed by atoms with Gasteiger partial charge in [0.15, 0.2) is 0 Å². The molecule has 23 heavy (non-hydrogen) atoms. The van der Waals surface area contributed by atoms with Crippen LogP contribution in [-0.2, 0) is 14.8 Å². The van der Waals surface area contributed by atoms with E-state index in [1.807, 2.05) is 33.8 Å². The summed E-state index contributed by atoms with van der Waals surface area (Å²) in [7, 11) is -3.44. The van der Waals surface area contributed by atoms with Crippen LogP contribution in [0.3, 0.4) is 0 Å². The zero-order valence-corrected chi connectivity index (χ0v) is 15.1. The van der Waals surface area contributed by atoms with Gasteiger partial charge < -0.3 is 5.32 Å². The van der Waals surface area contributed by atoms with E-state index in [0.29, 0.717) is 30.8 Å². The van der Waals surface area contributed by atoms with Crippen molar-refractivity contribution in [2.75, 3.05) is 13.1 Å². The summed E-state index contributed by atoms with van der Waals surface area (Å²) in [5, 5.41) is 3.02. The number of rotatable bonds is 3. The molecule has 1 N–H and O–H groups in total. The van der Waals surface area contributed by atoms with Crippen molar-refractivity contribution in [3.63, 3.8) is 0 Å². The smallest absolute Gasteiger partial charge is 0.243 e. The Labute approximate surface area is 139 Å². The molecule has 0 atom stereocenters. The molecule has 0 aliphatic carbocycles. The van der Waals surface area contributed by atoms with E-state index in [1.54, 1.807) is 18.2 Å². The minimum absolute atomic E-state index is 0.0116. The molecule has 2 rings (SSSR count). The molecule has 1 aromatic rings. The predicted molar refractivity (Wildman–Crippen MR) is 90.6 cm³/mol. The van der Waals surface area contributed by atoms with Gasteiger partial charge in [-0.25, -0.2) is 8.42 Å². The molecule has 128 valence electrons. The van der Waals surface area contributed by atoms with Crippen LogP contribution in [0, 0.1) is 12.3 Å². The van der Waals surface area contributed by atoms with E-state index >= 15 is 0 Å². The van der Waals surface area contributed by atoms with Gasteiger partial charge in [-0.15, -0.1) is 0 Å². The highest BCUT2D eigenvalue weighted by Gasteiger charge is 2.31. The first-order valence-corrected chi connectivity index (χ1v) is 9.42. The number of hydrogen-bond acceptors (Lipinski definition) is 3. The second-order valence-corrected chi connectivity index (χ2v) is 9.16. The molecule has 1 aliphatic rings. The lowest BCUT2D eigenvalue weighted by Crippen LogP contribution is -2.48. The van der Waals surface area contributed by atoms with Crippen LogP contribution in [0.25, 0.3) is 0 Å². The summed E-state index contributed by atoms with van der Waals surface area (Å²) >= 11 is 0. The average Bonchev–Trinajstić information content (AvgIpc) is 2.47. The Kier molecular flexibility index (Phi) is 5.16. The Morgan fingerprint density at radius 2 is 1.83 bits per heavy atom. The summed E-state index contributed by atoms with van der Waals surface area (Å²) in [5.41, 5.74) is 0.503. The quantitative estimate of drug-likeness (QED) is 0.920. The van der Waals surface area contributed by atoms with Gasteiger partial charge in [0.2, 0.25) is 15.9 Å². The molecule has 6 heteroatoms. The minimum atomic E-state index is -3.44. The number of piperidine rings is 1. The first-order valence-electron chi connectivity index (χ1n) is 7.98. The molecule has 5 nitrogen and oxygen atoms in total. The Morgan fingerprint density at radius 1 is 1.22 bits per heavy atom. The molecule has 0 spiro atoms. The van der Waals surface area contributed by atoms with Crippen LogP contribution in [0.2, 0.25) is 0 Å². The zero-order valence-electron chi connectivity index (χ0n) is 14.3. The van der Waals surface area contributed by atoms with E-state index < -0.39 is 15.4 Å². The number of nitrogens with zero attached hydrogens (tertiary/aromatic N) is 1. The van der Waals surface area contributed by atoms with E-state index in [1.165, 1.54) is 4.31 Å². The van der Waals surface area contributed by atoms with Crippen molar-refractivity contribution in [1.29, 1.82) is 0 Å². The first-order chi connectivity index (χ1) is 10.6. The fourth-order valence-corrected chi connectivity index (χ4v) is 4.14. The van der Waals surface area contributed by atoms with Crippen LogP contribution in [0.15, 0.2) is 29.2 Å². The third-order valence-corrected chi connectivity index (χ3v) is 5.99. The third-order valence-electron chi connectivity index (χ3n) is 4.10. The maximum atomic E-state index is 12.7. The van der Waals surface area contributed by atoms with E-state index in [4.69, 9.17) is 0 Å². The van der Waals surface area contributed by atoms with E-state index in [9.17, 15) is 13.2 Å². The maximum Gasteiger partial charge on any atom is 0.243 e. The molecule has 1 aromatic carbocycles. The third kappa shape index (κ3) is 4.32. The lowest BCUT2D eigenvalue weighted by Gasteiger charge is -2.33. The van der Waals surface area contributed by atoms with Crippen molar-refractivity contribution in [3.05, 3.63) is 29.8 Å². The van der Waals surface area contributed by atoms with Crippen molar-refractivity contribution in [2.24, 2.45) is 5.41 Å². The van der Waals surface area contributed by atoms with Gasteiger partial charge in [0.05, 0.1) is 4.90 Å². The molecular formula is C17H26N2O3S. The molecule has 1 amide bonds. The number of amides is 1. The van der Waals surface area contributed by atoms with Crippen molar-refractivity contribution in [3.8, 4) is 0 Å². The standard InChI is InChI=1S/C17H26N2O3S/c1-13-6-5-7-15(12-13)23(21,22)19-10-8-14(9-11-19)18-16(20)17(2,3)4/h5-7,12,14H,8-11H2,1-4H3,(H,18,20). The largest absolute Gasteiger partial charge is 0.353 e. The Morgan fingerprint density at radius 3 is 2.35 bits per heavy atom. The molecular weight excluding hydrogens is 312 g/mol. The van der Waals surface area contributed by atoms with E-state index in [0.717, 1.165) is 5.56 Å². The van der Waals surface area contributed by atoms with Gasteiger partial charge in [0.1, 0.15) is 0 Å². The summed E-state index contributed by atoms with van der Waals surface area (Å²) in [6.45, 7) is 8.38. The molecule has 1 aliphatic heterocycles. The van der Waals surface area contributed by atoms with Gasteiger partial charge >= 0.3 is 0 Å². The number of aryl methyl sites for hydroxylation is 1. The molecule has 0 saturated carbocycles. The van der Waals surface area contributed by atoms with Crippen LogP contribution < -0.4 is 5.32 Å². The van der Waals surface area contributed by atoms with Gasteiger partial charge in [0, 0.05) is 24.5 Å². The maximum absolute atomic E-state index is 12.7. The fraction of sp³-hybridized carbons (Fsp3) is 0.588. The summed E-state index contributed by atoms with van der Waals surface area (Å²) in [6, 6.07) is 7.02. The molecule has 1 saturated heterocycles. The Bertz CT molecular complexity index is 669. The molecule has 1 heterocycles. The number of sulfonamides is 1. The fourth-order valence-electron chi connectivity index (χ4n) is 2.57. The van der Waals surface area contributed by atoms with Crippen LogP contribution in [0.4, 0.5) is 0 Å². The second-order valence-electron chi connectivity index (χ2n) is 7.22. The van der Waals surface area contributed by atoms with Crippen LogP contribution >= 0.6 is 0 Å². The summed E-state index contributed by atoms with van der Waals surface area (Å²) < 4.78 is 26.8. The molecule has 0 unspecified atom stereocenters. The topological polar surface area (TPSA) is 66.5 Å². The number of carbonyl (C=O) groups is 1. The highest BCUT2D eigenvalue weighted by atomic mass is 32.2. The zero-order chi connectivity index (χ0) is 17.3. The lowest BCUT2D eigenvalue weighted by atomic mass is 9.94. The van der Waals surface area contributed by atoms with Crippen molar-refractivity contribution in [1.82, 2.24) is 9.62 Å². The summed E-state index contributed by atoms with van der Waals surface area (Å²) in [4.78, 5) is 12.4. The monoisotopic (exact) mass is 338 g/mol. The number of benzene rings is 1. The van der Waals surface area contributed by atoms with Gasteiger partial charge in [-0.2, -0.15) is 4.31 Å². The minimum Gasteiger partial charge on any atom is -0.353 e. The number of hydrogen-bond donors (Lipinski definition) is 1. The van der Waals surface area contributed by atoms with E-state index in [2.05, 4.69) is 5.32 Å². The molecule has 0 radical (unpaired) electrons. The highest BCUT2D eigenvalue weighted by molar-refractivity contribution is 7.89. The van der Waals surface area contributed by atoms with Crippen LogP contribution in [0.5, 0.6) is 0 Å². The van der Waals surface area contributed by atoms with Gasteiger partial charge in [-0.3, -0.25) is 4.79 Å². The van der Waals surface area contributed by atoms with E-state index in [-0.39, 0.29) is 11.9 Å². The number of carbonyl (C=O) groups excluding carboxylic acids is 1. The Hall–Kier alpha value is -1.40. The van der Waals surface area contributed by atoms with Crippen molar-refractivity contribution >= 4 is 15.9 Å². The average molecular weight is 338 g/mol. The highest BCUT2D eigenvalue weighted by Crippen LogP contribution is 2.22. The van der Waals surface area contributed by atoms with Crippen LogP contribution in [0.1, 0.15) is 39.2 Å². The van der Waals surface area contributed by atoms with Crippen LogP contribution in [-0.4, -0.2) is 37.8 Å².